The molecule has 1 aromatic carbocycles. The van der Waals surface area contributed by atoms with Crippen LogP contribution in [0.4, 0.5) is 5.69 Å². The summed E-state index contributed by atoms with van der Waals surface area (Å²) in [4.78, 5) is 44.4. The third kappa shape index (κ3) is 4.41. The topological polar surface area (TPSA) is 112 Å². The molecule has 0 radical (unpaired) electrons. The predicted octanol–water partition coefficient (Wildman–Crippen LogP) is 1.89. The minimum absolute atomic E-state index is 0.0169. The number of benzene rings is 1. The van der Waals surface area contributed by atoms with Gasteiger partial charge in [-0.05, 0) is 31.9 Å². The Balaban J connectivity index is 2.09. The summed E-state index contributed by atoms with van der Waals surface area (Å²) in [6, 6.07) is 5.69. The number of para-hydroxylation sites is 1. The first kappa shape index (κ1) is 19.0. The number of nitrogens with one attached hydrogen (secondary N) is 1. The van der Waals surface area contributed by atoms with Gasteiger partial charge in [-0.1, -0.05) is 18.2 Å². The van der Waals surface area contributed by atoms with Crippen LogP contribution in [-0.2, 0) is 4.79 Å². The number of aromatic nitrogens is 2. The van der Waals surface area contributed by atoms with Crippen molar-refractivity contribution in [2.24, 2.45) is 0 Å². The van der Waals surface area contributed by atoms with Crippen molar-refractivity contribution in [1.29, 1.82) is 0 Å². The highest BCUT2D eigenvalue weighted by molar-refractivity contribution is 5.99. The minimum Gasteiger partial charge on any atom is -0.476 e. The highest BCUT2D eigenvalue weighted by Gasteiger charge is 2.20. The van der Waals surface area contributed by atoms with Gasteiger partial charge in [0, 0.05) is 12.2 Å². The molecule has 2 aromatic rings. The van der Waals surface area contributed by atoms with Crippen molar-refractivity contribution in [2.75, 3.05) is 18.4 Å². The maximum atomic E-state index is 12.5. The number of carboxylic acids is 1. The zero-order valence-electron chi connectivity index (χ0n) is 14.8. The van der Waals surface area contributed by atoms with Crippen LogP contribution in [0.3, 0.4) is 0 Å². The van der Waals surface area contributed by atoms with Crippen LogP contribution in [0, 0.1) is 13.8 Å². The Bertz CT molecular complexity index is 813. The number of carbonyl (C=O) groups excluding carboxylic acids is 2. The Morgan fingerprint density at radius 3 is 2.15 bits per heavy atom. The molecule has 2 amide bonds. The predicted molar refractivity (Wildman–Crippen MR) is 95.1 cm³/mol. The van der Waals surface area contributed by atoms with Crippen LogP contribution in [0.15, 0.2) is 30.6 Å². The lowest BCUT2D eigenvalue weighted by Gasteiger charge is -2.20. The molecule has 0 bridgehead atoms. The van der Waals surface area contributed by atoms with E-state index in [4.69, 9.17) is 5.11 Å². The number of nitrogens with zero attached hydrogens (tertiary/aromatic N) is 3. The van der Waals surface area contributed by atoms with Crippen molar-refractivity contribution >= 4 is 23.5 Å². The van der Waals surface area contributed by atoms with E-state index >= 15 is 0 Å². The summed E-state index contributed by atoms with van der Waals surface area (Å²) in [5.74, 6) is -2.04. The molecule has 0 aliphatic carbocycles. The molecule has 1 aromatic heterocycles. The van der Waals surface area contributed by atoms with Gasteiger partial charge in [-0.2, -0.15) is 0 Å². The van der Waals surface area contributed by atoms with Gasteiger partial charge in [0.15, 0.2) is 5.69 Å². The van der Waals surface area contributed by atoms with Crippen molar-refractivity contribution in [2.45, 2.75) is 20.8 Å². The minimum atomic E-state index is -1.23. The van der Waals surface area contributed by atoms with Crippen molar-refractivity contribution in [3.05, 3.63) is 53.1 Å². The van der Waals surface area contributed by atoms with Crippen molar-refractivity contribution < 1.29 is 19.5 Å². The van der Waals surface area contributed by atoms with Gasteiger partial charge in [0.05, 0.1) is 12.4 Å². The second-order valence-electron chi connectivity index (χ2n) is 5.73. The second kappa shape index (κ2) is 8.19. The average Bonchev–Trinajstić information content (AvgIpc) is 2.62. The Hall–Kier alpha value is -3.29. The van der Waals surface area contributed by atoms with E-state index in [1.165, 1.54) is 4.90 Å². The van der Waals surface area contributed by atoms with Gasteiger partial charge >= 0.3 is 5.97 Å². The molecule has 0 saturated heterocycles. The Morgan fingerprint density at radius 1 is 1.08 bits per heavy atom. The first-order valence-electron chi connectivity index (χ1n) is 8.04. The maximum absolute atomic E-state index is 12.5. The van der Waals surface area contributed by atoms with Crippen LogP contribution in [-0.4, -0.2) is 50.8 Å². The number of anilines is 1. The second-order valence-corrected chi connectivity index (χ2v) is 5.73. The molecule has 8 heteroatoms. The van der Waals surface area contributed by atoms with Crippen LogP contribution in [0.5, 0.6) is 0 Å². The Morgan fingerprint density at radius 2 is 1.65 bits per heavy atom. The van der Waals surface area contributed by atoms with Gasteiger partial charge in [0.25, 0.3) is 5.91 Å². The highest BCUT2D eigenvalue weighted by Crippen LogP contribution is 2.19. The monoisotopic (exact) mass is 356 g/mol. The summed E-state index contributed by atoms with van der Waals surface area (Å²) in [7, 11) is 0. The fourth-order valence-corrected chi connectivity index (χ4v) is 2.40. The van der Waals surface area contributed by atoms with Gasteiger partial charge in [0.2, 0.25) is 5.91 Å². The molecule has 0 atom stereocenters. The smallest absolute Gasteiger partial charge is 0.356 e. The summed E-state index contributed by atoms with van der Waals surface area (Å²) < 4.78 is 0. The molecule has 8 nitrogen and oxygen atoms in total. The zero-order chi connectivity index (χ0) is 19.3. The summed E-state index contributed by atoms with van der Waals surface area (Å²) >= 11 is 0. The third-order valence-electron chi connectivity index (χ3n) is 3.84. The number of likely N-dealkylation sites (N-methyl/N-ethyl adjacent to an activating group) is 1. The fraction of sp³-hybridized carbons (Fsp3) is 0.278. The molecule has 2 rings (SSSR count). The number of aromatic carboxylic acids is 1. The van der Waals surface area contributed by atoms with Crippen molar-refractivity contribution in [3.63, 3.8) is 0 Å². The van der Waals surface area contributed by atoms with Crippen LogP contribution < -0.4 is 5.32 Å². The van der Waals surface area contributed by atoms with E-state index in [9.17, 15) is 14.4 Å². The van der Waals surface area contributed by atoms with E-state index in [1.807, 2.05) is 32.0 Å². The van der Waals surface area contributed by atoms with Gasteiger partial charge in [-0.25, -0.2) is 14.8 Å². The quantitative estimate of drug-likeness (QED) is 0.817. The molecular weight excluding hydrogens is 336 g/mol. The molecule has 0 saturated carbocycles. The van der Waals surface area contributed by atoms with Gasteiger partial charge in [-0.3, -0.25) is 9.59 Å². The zero-order valence-corrected chi connectivity index (χ0v) is 14.8. The molecule has 1 heterocycles. The molecule has 0 aliphatic rings. The number of hydrogen-bond donors (Lipinski definition) is 2. The molecule has 0 fully saturated rings. The van der Waals surface area contributed by atoms with Crippen molar-refractivity contribution in [3.8, 4) is 0 Å². The lowest BCUT2D eigenvalue weighted by atomic mass is 10.1. The van der Waals surface area contributed by atoms with Crippen LogP contribution in [0.2, 0.25) is 0 Å². The fourth-order valence-electron chi connectivity index (χ4n) is 2.40. The number of carboxylic acid groups (broad SMARTS) is 1. The molecule has 26 heavy (non-hydrogen) atoms. The van der Waals surface area contributed by atoms with E-state index < -0.39 is 11.9 Å². The molecule has 2 N–H and O–H groups in total. The van der Waals surface area contributed by atoms with E-state index in [0.717, 1.165) is 29.2 Å². The van der Waals surface area contributed by atoms with Gasteiger partial charge in [0.1, 0.15) is 12.2 Å². The normalized spacial score (nSPS) is 10.3. The SMILES string of the molecule is CCN(CC(=O)Nc1c(C)cccc1C)C(=O)c1cnc(C(=O)O)cn1. The molecular formula is C18H20N4O4. The number of rotatable bonds is 6. The van der Waals surface area contributed by atoms with E-state index in [-0.39, 0.29) is 23.8 Å². The number of amides is 2. The number of aryl methyl sites for hydroxylation is 2. The summed E-state index contributed by atoms with van der Waals surface area (Å²) in [5, 5.41) is 11.6. The lowest BCUT2D eigenvalue weighted by Crippen LogP contribution is -2.38. The summed E-state index contributed by atoms with van der Waals surface area (Å²) in [5.41, 5.74) is 2.33. The summed E-state index contributed by atoms with van der Waals surface area (Å²) in [6.45, 7) is 5.67. The van der Waals surface area contributed by atoms with Crippen LogP contribution >= 0.6 is 0 Å². The largest absolute Gasteiger partial charge is 0.476 e. The standard InChI is InChI=1S/C18H20N4O4/c1-4-22(17(24)13-8-20-14(9-19-13)18(25)26)10-15(23)21-16-11(2)6-5-7-12(16)3/h5-9H,4,10H2,1-3H3,(H,21,23)(H,25,26). The van der Waals surface area contributed by atoms with Gasteiger partial charge in [-0.15, -0.1) is 0 Å². The van der Waals surface area contributed by atoms with E-state index in [1.54, 1.807) is 6.92 Å². The van der Waals surface area contributed by atoms with Crippen LogP contribution in [0.1, 0.15) is 39.0 Å². The Kier molecular flexibility index (Phi) is 6.00. The molecule has 0 spiro atoms. The van der Waals surface area contributed by atoms with Crippen LogP contribution in [0.25, 0.3) is 0 Å². The molecule has 136 valence electrons. The van der Waals surface area contributed by atoms with Crippen molar-refractivity contribution in [1.82, 2.24) is 14.9 Å². The highest BCUT2D eigenvalue weighted by atomic mass is 16.4. The Labute approximate surface area is 150 Å². The maximum Gasteiger partial charge on any atom is 0.356 e. The van der Waals surface area contributed by atoms with E-state index in [2.05, 4.69) is 15.3 Å². The first-order valence-corrected chi connectivity index (χ1v) is 8.04. The molecule has 0 unspecified atom stereocenters. The molecule has 0 aliphatic heterocycles. The first-order chi connectivity index (χ1) is 12.3. The van der Waals surface area contributed by atoms with E-state index in [0.29, 0.717) is 6.54 Å². The van der Waals surface area contributed by atoms with Gasteiger partial charge < -0.3 is 15.3 Å². The average molecular weight is 356 g/mol. The summed E-state index contributed by atoms with van der Waals surface area (Å²) in [6.07, 6.45) is 2.11. The lowest BCUT2D eigenvalue weighted by molar-refractivity contribution is -0.116. The number of carbonyl (C=O) groups is 3. The third-order valence-corrected chi connectivity index (χ3v) is 3.84. The number of hydrogen-bond acceptors (Lipinski definition) is 5.